The van der Waals surface area contributed by atoms with Crippen LogP contribution >= 0.6 is 15.9 Å². The second-order valence-electron chi connectivity index (χ2n) is 4.87. The third-order valence-corrected chi connectivity index (χ3v) is 4.02. The van der Waals surface area contributed by atoms with Gasteiger partial charge < -0.3 is 9.64 Å². The van der Waals surface area contributed by atoms with E-state index in [0.29, 0.717) is 17.6 Å². The predicted molar refractivity (Wildman–Crippen MR) is 83.6 cm³/mol. The van der Waals surface area contributed by atoms with Gasteiger partial charge in [0.15, 0.2) is 0 Å². The first-order valence-electron chi connectivity index (χ1n) is 6.31. The van der Waals surface area contributed by atoms with Crippen LogP contribution in [0.3, 0.4) is 0 Å². The molecule has 8 heteroatoms. The number of ether oxygens (including phenoxy) is 1. The molecule has 0 unspecified atom stereocenters. The molecule has 0 aliphatic heterocycles. The Balaban J connectivity index is 2.89. The van der Waals surface area contributed by atoms with E-state index in [9.17, 15) is 13.2 Å². The lowest BCUT2D eigenvalue weighted by Crippen LogP contribution is -2.31. The summed E-state index contributed by atoms with van der Waals surface area (Å²) in [6.07, 6.45) is 0.0911. The van der Waals surface area contributed by atoms with Crippen LogP contribution in [0.1, 0.15) is 24.2 Å². The summed E-state index contributed by atoms with van der Waals surface area (Å²) in [7, 11) is -2.23. The van der Waals surface area contributed by atoms with Gasteiger partial charge in [0, 0.05) is 23.6 Å². The van der Waals surface area contributed by atoms with Crippen LogP contribution in [-0.2, 0) is 14.8 Å². The Labute approximate surface area is 133 Å². The van der Waals surface area contributed by atoms with Gasteiger partial charge in [-0.3, -0.25) is 4.79 Å². The van der Waals surface area contributed by atoms with Crippen molar-refractivity contribution in [1.82, 2.24) is 4.90 Å². The number of rotatable bonds is 6. The molecule has 0 spiro atoms. The molecular formula is C13H19BrN2O4S. The Kier molecular flexibility index (Phi) is 6.33. The maximum Gasteiger partial charge on any atom is 0.253 e. The largest absolute Gasteiger partial charge is 0.377 e. The topological polar surface area (TPSA) is 89.7 Å². The number of nitrogens with two attached hydrogens (primary N) is 1. The minimum Gasteiger partial charge on any atom is -0.377 e. The molecule has 21 heavy (non-hydrogen) atoms. The van der Waals surface area contributed by atoms with Gasteiger partial charge in [-0.05, 0) is 32.0 Å². The molecular weight excluding hydrogens is 360 g/mol. The van der Waals surface area contributed by atoms with E-state index < -0.39 is 10.0 Å². The first-order valence-corrected chi connectivity index (χ1v) is 8.65. The highest BCUT2D eigenvalue weighted by Crippen LogP contribution is 2.19. The van der Waals surface area contributed by atoms with Crippen molar-refractivity contribution < 1.29 is 17.9 Å². The van der Waals surface area contributed by atoms with Crippen LogP contribution < -0.4 is 5.14 Å². The summed E-state index contributed by atoms with van der Waals surface area (Å²) in [4.78, 5) is 13.6. The molecule has 0 aliphatic carbocycles. The number of nitrogens with zero attached hydrogens (tertiary/aromatic N) is 1. The third kappa shape index (κ3) is 5.74. The molecule has 0 saturated carbocycles. The van der Waals surface area contributed by atoms with E-state index in [1.807, 2.05) is 13.8 Å². The lowest BCUT2D eigenvalue weighted by Gasteiger charge is -2.18. The fourth-order valence-corrected chi connectivity index (χ4v) is 2.82. The number of hydrogen-bond acceptors (Lipinski definition) is 4. The van der Waals surface area contributed by atoms with Crippen molar-refractivity contribution in [3.8, 4) is 0 Å². The number of primary sulfonamides is 1. The summed E-state index contributed by atoms with van der Waals surface area (Å²) in [6, 6.07) is 4.17. The molecule has 2 N–H and O–H groups in total. The number of carbonyl (C=O) groups excluding carboxylic acids is 1. The Morgan fingerprint density at radius 3 is 2.52 bits per heavy atom. The van der Waals surface area contributed by atoms with Crippen molar-refractivity contribution >= 4 is 31.9 Å². The molecule has 0 aromatic heterocycles. The van der Waals surface area contributed by atoms with E-state index in [0.717, 1.165) is 0 Å². The van der Waals surface area contributed by atoms with Gasteiger partial charge in [-0.25, -0.2) is 13.6 Å². The zero-order chi connectivity index (χ0) is 16.2. The van der Waals surface area contributed by atoms with E-state index in [1.165, 1.54) is 17.0 Å². The average molecular weight is 379 g/mol. The average Bonchev–Trinajstić information content (AvgIpc) is 2.35. The van der Waals surface area contributed by atoms with Crippen LogP contribution in [-0.4, -0.2) is 45.5 Å². The number of hydrogen-bond donors (Lipinski definition) is 1. The highest BCUT2D eigenvalue weighted by Gasteiger charge is 2.17. The summed E-state index contributed by atoms with van der Waals surface area (Å²) >= 11 is 3.18. The first-order chi connectivity index (χ1) is 9.61. The number of carbonyl (C=O) groups is 1. The number of benzene rings is 1. The Hall–Kier alpha value is -0.960. The zero-order valence-corrected chi connectivity index (χ0v) is 14.6. The number of likely N-dealkylation sites (N-methyl/N-ethyl adjacent to an activating group) is 1. The quantitative estimate of drug-likeness (QED) is 0.813. The summed E-state index contributed by atoms with van der Waals surface area (Å²) in [5.74, 6) is -0.298. The summed E-state index contributed by atoms with van der Waals surface area (Å²) < 4.78 is 28.6. The van der Waals surface area contributed by atoms with Crippen molar-refractivity contribution in [2.75, 3.05) is 20.2 Å². The van der Waals surface area contributed by atoms with Gasteiger partial charge in [0.05, 0.1) is 17.6 Å². The van der Waals surface area contributed by atoms with Gasteiger partial charge in [0.2, 0.25) is 10.0 Å². The van der Waals surface area contributed by atoms with E-state index in [-0.39, 0.29) is 22.5 Å². The number of sulfonamides is 1. The van der Waals surface area contributed by atoms with Gasteiger partial charge in [-0.2, -0.15) is 0 Å². The molecule has 0 fully saturated rings. The molecule has 0 atom stereocenters. The molecule has 0 aliphatic rings. The second kappa shape index (κ2) is 7.35. The summed E-state index contributed by atoms with van der Waals surface area (Å²) in [5, 5.41) is 5.09. The molecule has 1 aromatic carbocycles. The van der Waals surface area contributed by atoms with E-state index in [4.69, 9.17) is 9.88 Å². The molecule has 0 bridgehead atoms. The van der Waals surface area contributed by atoms with Gasteiger partial charge in [0.25, 0.3) is 5.91 Å². The standard InChI is InChI=1S/C13H19BrN2O4S/c1-9(2)20-5-4-16(3)13(17)10-6-11(14)8-12(7-10)21(15,18)19/h6-9H,4-5H2,1-3H3,(H2,15,18,19). The maximum atomic E-state index is 12.3. The minimum atomic E-state index is -3.86. The number of amides is 1. The Morgan fingerprint density at radius 2 is 2.00 bits per heavy atom. The van der Waals surface area contributed by atoms with Gasteiger partial charge in [-0.15, -0.1) is 0 Å². The lowest BCUT2D eigenvalue weighted by atomic mass is 10.2. The highest BCUT2D eigenvalue weighted by atomic mass is 79.9. The molecule has 118 valence electrons. The van der Waals surface area contributed by atoms with Crippen molar-refractivity contribution in [3.05, 3.63) is 28.2 Å². The van der Waals surface area contributed by atoms with Crippen molar-refractivity contribution in [1.29, 1.82) is 0 Å². The van der Waals surface area contributed by atoms with E-state index in [2.05, 4.69) is 15.9 Å². The third-order valence-electron chi connectivity index (χ3n) is 2.67. The van der Waals surface area contributed by atoms with Crippen LogP contribution in [0, 0.1) is 0 Å². The fourth-order valence-electron chi connectivity index (χ4n) is 1.60. The van der Waals surface area contributed by atoms with E-state index >= 15 is 0 Å². The summed E-state index contributed by atoms with van der Waals surface area (Å²) in [5.41, 5.74) is 0.250. The van der Waals surface area contributed by atoms with Crippen LogP contribution in [0.5, 0.6) is 0 Å². The van der Waals surface area contributed by atoms with Crippen molar-refractivity contribution in [3.63, 3.8) is 0 Å². The molecule has 0 heterocycles. The SMILES string of the molecule is CC(C)OCCN(C)C(=O)c1cc(Br)cc(S(N)(=O)=O)c1. The van der Waals surface area contributed by atoms with Crippen LogP contribution in [0.25, 0.3) is 0 Å². The molecule has 1 amide bonds. The Morgan fingerprint density at radius 1 is 1.38 bits per heavy atom. The molecule has 1 rings (SSSR count). The fraction of sp³-hybridized carbons (Fsp3) is 0.462. The van der Waals surface area contributed by atoms with Crippen molar-refractivity contribution in [2.45, 2.75) is 24.8 Å². The Bertz CT molecular complexity index is 617. The second-order valence-corrected chi connectivity index (χ2v) is 7.34. The van der Waals surface area contributed by atoms with E-state index in [1.54, 1.807) is 13.1 Å². The smallest absolute Gasteiger partial charge is 0.253 e. The summed E-state index contributed by atoms with van der Waals surface area (Å²) in [6.45, 7) is 4.65. The normalized spacial score (nSPS) is 11.7. The lowest BCUT2D eigenvalue weighted by molar-refractivity contribution is 0.0532. The zero-order valence-electron chi connectivity index (χ0n) is 12.2. The van der Waals surface area contributed by atoms with Crippen LogP contribution in [0.2, 0.25) is 0 Å². The van der Waals surface area contributed by atoms with Gasteiger partial charge in [-0.1, -0.05) is 15.9 Å². The molecule has 1 aromatic rings. The monoisotopic (exact) mass is 378 g/mol. The predicted octanol–water partition coefficient (Wildman–Crippen LogP) is 1.59. The molecule has 6 nitrogen and oxygen atoms in total. The van der Waals surface area contributed by atoms with Crippen molar-refractivity contribution in [2.24, 2.45) is 5.14 Å². The molecule has 0 radical (unpaired) electrons. The van der Waals surface area contributed by atoms with Crippen LogP contribution in [0.15, 0.2) is 27.6 Å². The minimum absolute atomic E-state index is 0.0911. The number of halogens is 1. The van der Waals surface area contributed by atoms with Crippen LogP contribution in [0.4, 0.5) is 0 Å². The first kappa shape index (κ1) is 18.1. The maximum absolute atomic E-state index is 12.3. The van der Waals surface area contributed by atoms with Gasteiger partial charge in [0.1, 0.15) is 0 Å². The highest BCUT2D eigenvalue weighted by molar-refractivity contribution is 9.10. The van der Waals surface area contributed by atoms with Gasteiger partial charge >= 0.3 is 0 Å². The molecule has 0 saturated heterocycles.